The molecule has 2 aromatic carbocycles. The van der Waals surface area contributed by atoms with E-state index in [1.807, 2.05) is 30.3 Å². The van der Waals surface area contributed by atoms with Gasteiger partial charge in [0.2, 0.25) is 5.91 Å². The third-order valence-corrected chi connectivity index (χ3v) is 3.62. The minimum absolute atomic E-state index is 0.193. The molecule has 2 amide bonds. The molecular weight excluding hydrogens is 348 g/mol. The van der Waals surface area contributed by atoms with E-state index in [2.05, 4.69) is 10.6 Å². The quantitative estimate of drug-likeness (QED) is 0.697. The maximum absolute atomic E-state index is 12.1. The Hall–Kier alpha value is -3.35. The number of ether oxygens (including phenoxy) is 2. The van der Waals surface area contributed by atoms with Crippen LogP contribution in [0.5, 0.6) is 5.75 Å². The SMILES string of the molecule is COc1ccc(NC(C)=O)cc1NC(=O)COC(=O)CCc1ccccc1. The fourth-order valence-corrected chi connectivity index (χ4v) is 2.38. The summed E-state index contributed by atoms with van der Waals surface area (Å²) in [6, 6.07) is 14.4. The zero-order valence-electron chi connectivity index (χ0n) is 15.3. The van der Waals surface area contributed by atoms with Gasteiger partial charge in [-0.1, -0.05) is 30.3 Å². The van der Waals surface area contributed by atoms with Gasteiger partial charge in [-0.15, -0.1) is 0 Å². The third-order valence-electron chi connectivity index (χ3n) is 3.62. The first-order chi connectivity index (χ1) is 13.0. The lowest BCUT2D eigenvalue weighted by molar-refractivity contribution is -0.147. The molecule has 0 bridgehead atoms. The van der Waals surface area contributed by atoms with Crippen molar-refractivity contribution in [1.82, 2.24) is 0 Å². The summed E-state index contributed by atoms with van der Waals surface area (Å²) in [5.74, 6) is -0.757. The lowest BCUT2D eigenvalue weighted by atomic mass is 10.1. The Kier molecular flexibility index (Phi) is 7.37. The van der Waals surface area contributed by atoms with E-state index in [9.17, 15) is 14.4 Å². The molecule has 0 aliphatic rings. The van der Waals surface area contributed by atoms with E-state index >= 15 is 0 Å². The minimum atomic E-state index is -0.499. The van der Waals surface area contributed by atoms with Crippen molar-refractivity contribution in [2.24, 2.45) is 0 Å². The summed E-state index contributed by atoms with van der Waals surface area (Å²) in [6.45, 7) is 0.985. The van der Waals surface area contributed by atoms with Gasteiger partial charge in [-0.2, -0.15) is 0 Å². The maximum Gasteiger partial charge on any atom is 0.306 e. The first kappa shape index (κ1) is 20.0. The number of hydrogen-bond donors (Lipinski definition) is 2. The molecule has 2 aromatic rings. The molecule has 0 fully saturated rings. The van der Waals surface area contributed by atoms with Crippen LogP contribution in [0.2, 0.25) is 0 Å². The summed E-state index contributed by atoms with van der Waals surface area (Å²) in [4.78, 5) is 35.0. The number of methoxy groups -OCH3 is 1. The summed E-state index contributed by atoms with van der Waals surface area (Å²) in [5, 5.41) is 5.23. The van der Waals surface area contributed by atoms with Crippen molar-refractivity contribution in [2.45, 2.75) is 19.8 Å². The van der Waals surface area contributed by atoms with E-state index in [1.54, 1.807) is 18.2 Å². The zero-order chi connectivity index (χ0) is 19.6. The van der Waals surface area contributed by atoms with E-state index < -0.39 is 18.5 Å². The molecule has 0 aliphatic carbocycles. The van der Waals surface area contributed by atoms with E-state index in [0.29, 0.717) is 23.5 Å². The lowest BCUT2D eigenvalue weighted by Crippen LogP contribution is -2.21. The summed E-state index contributed by atoms with van der Waals surface area (Å²) < 4.78 is 10.2. The molecule has 0 radical (unpaired) electrons. The van der Waals surface area contributed by atoms with Crippen LogP contribution >= 0.6 is 0 Å². The van der Waals surface area contributed by atoms with Crippen LogP contribution in [-0.4, -0.2) is 31.5 Å². The van der Waals surface area contributed by atoms with Crippen molar-refractivity contribution in [1.29, 1.82) is 0 Å². The van der Waals surface area contributed by atoms with Crippen LogP contribution in [-0.2, 0) is 25.5 Å². The second-order valence-electron chi connectivity index (χ2n) is 5.79. The molecule has 0 aliphatic heterocycles. The Morgan fingerprint density at radius 3 is 2.41 bits per heavy atom. The predicted octanol–water partition coefficient (Wildman–Crippen LogP) is 2.77. The topological polar surface area (TPSA) is 93.7 Å². The van der Waals surface area contributed by atoms with Gasteiger partial charge >= 0.3 is 5.97 Å². The maximum atomic E-state index is 12.1. The average molecular weight is 370 g/mol. The Labute approximate surface area is 157 Å². The summed E-state index contributed by atoms with van der Waals surface area (Å²) in [7, 11) is 1.46. The van der Waals surface area contributed by atoms with Gasteiger partial charge in [0.1, 0.15) is 5.75 Å². The standard InChI is InChI=1S/C20H22N2O5/c1-14(23)21-16-9-10-18(26-2)17(12-16)22-19(24)13-27-20(25)11-8-15-6-4-3-5-7-15/h3-7,9-10,12H,8,11,13H2,1-2H3,(H,21,23)(H,22,24). The number of aryl methyl sites for hydroxylation is 1. The molecule has 0 aromatic heterocycles. The molecule has 0 atom stereocenters. The van der Waals surface area contributed by atoms with Crippen LogP contribution in [0.25, 0.3) is 0 Å². The fraction of sp³-hybridized carbons (Fsp3) is 0.250. The van der Waals surface area contributed by atoms with Crippen molar-refractivity contribution in [2.75, 3.05) is 24.4 Å². The summed E-state index contributed by atoms with van der Waals surface area (Å²) in [5.41, 5.74) is 1.91. The van der Waals surface area contributed by atoms with Gasteiger partial charge in [-0.3, -0.25) is 14.4 Å². The average Bonchev–Trinajstić information content (AvgIpc) is 2.65. The van der Waals surface area contributed by atoms with Crippen LogP contribution in [0, 0.1) is 0 Å². The first-order valence-corrected chi connectivity index (χ1v) is 8.43. The van der Waals surface area contributed by atoms with Crippen LogP contribution in [0.1, 0.15) is 18.9 Å². The number of anilines is 2. The number of carbonyl (C=O) groups excluding carboxylic acids is 3. The van der Waals surface area contributed by atoms with Gasteiger partial charge in [0.25, 0.3) is 5.91 Å². The van der Waals surface area contributed by atoms with Gasteiger partial charge in [0.15, 0.2) is 6.61 Å². The molecule has 2 N–H and O–H groups in total. The fourth-order valence-electron chi connectivity index (χ4n) is 2.38. The molecule has 2 rings (SSSR count). The smallest absolute Gasteiger partial charge is 0.306 e. The number of nitrogens with one attached hydrogen (secondary N) is 2. The second kappa shape index (κ2) is 9.96. The Morgan fingerprint density at radius 1 is 1.00 bits per heavy atom. The minimum Gasteiger partial charge on any atom is -0.495 e. The van der Waals surface area contributed by atoms with Crippen LogP contribution < -0.4 is 15.4 Å². The van der Waals surface area contributed by atoms with E-state index in [1.165, 1.54) is 14.0 Å². The number of esters is 1. The zero-order valence-corrected chi connectivity index (χ0v) is 15.3. The van der Waals surface area contributed by atoms with Crippen molar-refractivity contribution < 1.29 is 23.9 Å². The Morgan fingerprint density at radius 2 is 1.74 bits per heavy atom. The lowest BCUT2D eigenvalue weighted by Gasteiger charge is -2.12. The monoisotopic (exact) mass is 370 g/mol. The molecule has 0 saturated carbocycles. The van der Waals surface area contributed by atoms with Crippen molar-refractivity contribution in [3.05, 3.63) is 54.1 Å². The molecule has 0 heterocycles. The third kappa shape index (κ3) is 6.81. The molecule has 142 valence electrons. The Bertz CT molecular complexity index is 805. The normalized spacial score (nSPS) is 10.0. The van der Waals surface area contributed by atoms with Gasteiger partial charge in [0, 0.05) is 19.0 Å². The van der Waals surface area contributed by atoms with Gasteiger partial charge in [0.05, 0.1) is 12.8 Å². The van der Waals surface area contributed by atoms with Crippen molar-refractivity contribution in [3.63, 3.8) is 0 Å². The molecule has 27 heavy (non-hydrogen) atoms. The van der Waals surface area contributed by atoms with Crippen molar-refractivity contribution >= 4 is 29.2 Å². The molecule has 0 saturated heterocycles. The Balaban J connectivity index is 1.85. The van der Waals surface area contributed by atoms with Crippen LogP contribution in [0.15, 0.2) is 48.5 Å². The second-order valence-corrected chi connectivity index (χ2v) is 5.79. The highest BCUT2D eigenvalue weighted by molar-refractivity contribution is 5.96. The largest absolute Gasteiger partial charge is 0.495 e. The number of rotatable bonds is 8. The van der Waals surface area contributed by atoms with E-state index in [4.69, 9.17) is 9.47 Å². The molecule has 7 heteroatoms. The molecular formula is C20H22N2O5. The first-order valence-electron chi connectivity index (χ1n) is 8.43. The number of carbonyl (C=O) groups is 3. The van der Waals surface area contributed by atoms with Crippen molar-refractivity contribution in [3.8, 4) is 5.75 Å². The summed E-state index contributed by atoms with van der Waals surface area (Å²) in [6.07, 6.45) is 0.743. The van der Waals surface area contributed by atoms with Gasteiger partial charge in [-0.25, -0.2) is 0 Å². The number of amides is 2. The van der Waals surface area contributed by atoms with Gasteiger partial charge in [-0.05, 0) is 30.2 Å². The highest BCUT2D eigenvalue weighted by Gasteiger charge is 2.12. The predicted molar refractivity (Wildman–Crippen MR) is 102 cm³/mol. The molecule has 0 unspecified atom stereocenters. The van der Waals surface area contributed by atoms with Gasteiger partial charge < -0.3 is 20.1 Å². The highest BCUT2D eigenvalue weighted by Crippen LogP contribution is 2.27. The number of hydrogen-bond acceptors (Lipinski definition) is 5. The highest BCUT2D eigenvalue weighted by atomic mass is 16.5. The van der Waals surface area contributed by atoms with E-state index in [-0.39, 0.29) is 12.3 Å². The van der Waals surface area contributed by atoms with Crippen LogP contribution in [0.3, 0.4) is 0 Å². The van der Waals surface area contributed by atoms with Crippen LogP contribution in [0.4, 0.5) is 11.4 Å². The summed E-state index contributed by atoms with van der Waals surface area (Å²) >= 11 is 0. The molecule has 7 nitrogen and oxygen atoms in total. The number of benzene rings is 2. The van der Waals surface area contributed by atoms with E-state index in [0.717, 1.165) is 5.56 Å². The molecule has 0 spiro atoms.